The van der Waals surface area contributed by atoms with Gasteiger partial charge >= 0.3 is 0 Å². The summed E-state index contributed by atoms with van der Waals surface area (Å²) in [7, 11) is -1.80. The lowest BCUT2D eigenvalue weighted by molar-refractivity contribution is -0.135. The Hall–Kier alpha value is -2.00. The molecule has 1 amide bonds. The maximum absolute atomic E-state index is 12.6. The van der Waals surface area contributed by atoms with Gasteiger partial charge in [-0.1, -0.05) is 12.8 Å². The first-order valence-corrected chi connectivity index (χ1v) is 11.9. The van der Waals surface area contributed by atoms with Gasteiger partial charge in [-0.2, -0.15) is 0 Å². The first-order valence-electron chi connectivity index (χ1n) is 10.1. The number of rotatable bonds is 7. The van der Waals surface area contributed by atoms with Gasteiger partial charge in [0.15, 0.2) is 11.5 Å². The second-order valence-corrected chi connectivity index (χ2v) is 9.60. The molecule has 0 bridgehead atoms. The molecule has 0 spiro atoms. The molecule has 162 valence electrons. The molecular weight excluding hydrogens is 396 g/mol. The number of carbonyl (C=O) groups is 1. The van der Waals surface area contributed by atoms with E-state index in [1.54, 1.807) is 30.1 Å². The molecule has 1 aliphatic carbocycles. The van der Waals surface area contributed by atoms with Gasteiger partial charge in [0, 0.05) is 26.1 Å². The molecule has 0 saturated heterocycles. The van der Waals surface area contributed by atoms with Gasteiger partial charge in [0.1, 0.15) is 13.2 Å². The Morgan fingerprint density at radius 3 is 2.55 bits per heavy atom. The largest absolute Gasteiger partial charge is 0.486 e. The third-order valence-corrected chi connectivity index (χ3v) is 6.74. The molecule has 1 heterocycles. The number of amides is 1. The summed E-state index contributed by atoms with van der Waals surface area (Å²) in [5.41, 5.74) is 0.486. The normalized spacial score (nSPS) is 21.5. The number of fused-ring (bicyclic) bond motifs is 1. The molecule has 2 atom stereocenters. The second kappa shape index (κ2) is 9.21. The van der Waals surface area contributed by atoms with E-state index in [1.807, 2.05) is 0 Å². The molecule has 9 heteroatoms. The molecule has 8 nitrogen and oxygen atoms in total. The van der Waals surface area contributed by atoms with Crippen LogP contribution in [0.3, 0.4) is 0 Å². The maximum Gasteiger partial charge on any atom is 0.232 e. The number of aliphatic hydroxyl groups is 1. The number of anilines is 1. The number of carbonyl (C=O) groups excluding carboxylic acids is 1. The monoisotopic (exact) mass is 426 g/mol. The number of nitrogens with zero attached hydrogens (tertiary/aromatic N) is 2. The van der Waals surface area contributed by atoms with Crippen molar-refractivity contribution < 1.29 is 27.8 Å². The van der Waals surface area contributed by atoms with Crippen molar-refractivity contribution in [3.05, 3.63) is 18.2 Å². The van der Waals surface area contributed by atoms with E-state index in [2.05, 4.69) is 0 Å². The van der Waals surface area contributed by atoms with E-state index >= 15 is 0 Å². The third-order valence-electron chi connectivity index (χ3n) is 5.55. The summed E-state index contributed by atoms with van der Waals surface area (Å²) < 4.78 is 37.0. The molecule has 29 heavy (non-hydrogen) atoms. The fourth-order valence-electron chi connectivity index (χ4n) is 3.95. The average molecular weight is 427 g/mol. The zero-order chi connectivity index (χ0) is 21.0. The van der Waals surface area contributed by atoms with Crippen LogP contribution in [0.1, 0.15) is 38.5 Å². The fraction of sp³-hybridized carbons (Fsp3) is 0.650. The van der Waals surface area contributed by atoms with Crippen LogP contribution in [0.5, 0.6) is 11.5 Å². The van der Waals surface area contributed by atoms with E-state index in [1.165, 1.54) is 4.31 Å². The van der Waals surface area contributed by atoms with Crippen LogP contribution in [0.4, 0.5) is 5.69 Å². The van der Waals surface area contributed by atoms with Crippen molar-refractivity contribution >= 4 is 21.6 Å². The van der Waals surface area contributed by atoms with Crippen LogP contribution in [0.2, 0.25) is 0 Å². The van der Waals surface area contributed by atoms with Crippen molar-refractivity contribution in [3.63, 3.8) is 0 Å². The zero-order valence-electron chi connectivity index (χ0n) is 17.0. The maximum atomic E-state index is 12.6. The Morgan fingerprint density at radius 2 is 1.86 bits per heavy atom. The summed E-state index contributed by atoms with van der Waals surface area (Å²) in [6.07, 6.45) is 4.77. The molecule has 1 fully saturated rings. The molecule has 1 saturated carbocycles. The first-order chi connectivity index (χ1) is 13.8. The number of benzene rings is 1. The second-order valence-electron chi connectivity index (χ2n) is 7.69. The Morgan fingerprint density at radius 1 is 1.17 bits per heavy atom. The van der Waals surface area contributed by atoms with E-state index in [-0.39, 0.29) is 24.9 Å². The highest BCUT2D eigenvalue weighted by atomic mass is 32.2. The van der Waals surface area contributed by atoms with Gasteiger partial charge < -0.3 is 19.5 Å². The van der Waals surface area contributed by atoms with E-state index < -0.39 is 16.1 Å². The topological polar surface area (TPSA) is 96.4 Å². The van der Waals surface area contributed by atoms with Crippen molar-refractivity contribution in [2.45, 2.75) is 50.7 Å². The van der Waals surface area contributed by atoms with Crippen molar-refractivity contribution in [1.82, 2.24) is 4.90 Å². The van der Waals surface area contributed by atoms with Crippen LogP contribution in [-0.2, 0) is 14.8 Å². The van der Waals surface area contributed by atoms with Gasteiger partial charge in [0.2, 0.25) is 15.9 Å². The molecule has 1 aromatic carbocycles. The van der Waals surface area contributed by atoms with Crippen LogP contribution >= 0.6 is 0 Å². The van der Waals surface area contributed by atoms with Gasteiger partial charge in [0.05, 0.1) is 24.1 Å². The van der Waals surface area contributed by atoms with E-state index in [4.69, 9.17) is 9.47 Å². The number of ether oxygens (including phenoxy) is 2. The predicted octanol–water partition coefficient (Wildman–Crippen LogP) is 1.77. The molecule has 1 N–H and O–H groups in total. The van der Waals surface area contributed by atoms with Crippen molar-refractivity contribution in [2.75, 3.05) is 37.4 Å². The predicted molar refractivity (Wildman–Crippen MR) is 110 cm³/mol. The molecular formula is C20H30N2O6S. The van der Waals surface area contributed by atoms with E-state index in [0.717, 1.165) is 25.5 Å². The lowest BCUT2D eigenvalue weighted by Crippen LogP contribution is -2.46. The fourth-order valence-corrected chi connectivity index (χ4v) is 4.91. The van der Waals surface area contributed by atoms with Gasteiger partial charge in [0.25, 0.3) is 0 Å². The van der Waals surface area contributed by atoms with Crippen LogP contribution < -0.4 is 13.8 Å². The number of sulfonamides is 1. The van der Waals surface area contributed by atoms with Crippen LogP contribution in [-0.4, -0.2) is 69.5 Å². The van der Waals surface area contributed by atoms with Crippen LogP contribution in [0.25, 0.3) is 0 Å². The van der Waals surface area contributed by atoms with Crippen LogP contribution in [0.15, 0.2) is 18.2 Å². The highest BCUT2D eigenvalue weighted by molar-refractivity contribution is 7.92. The molecule has 3 rings (SSSR count). The molecule has 0 radical (unpaired) electrons. The lowest BCUT2D eigenvalue weighted by atomic mass is 9.91. The lowest BCUT2D eigenvalue weighted by Gasteiger charge is -2.35. The van der Waals surface area contributed by atoms with Crippen molar-refractivity contribution in [1.29, 1.82) is 0 Å². The van der Waals surface area contributed by atoms with Gasteiger partial charge in [-0.3, -0.25) is 9.10 Å². The number of likely N-dealkylation sites (N-methyl/N-ethyl adjacent to an activating group) is 1. The summed E-state index contributed by atoms with van der Waals surface area (Å²) >= 11 is 0. The van der Waals surface area contributed by atoms with Crippen molar-refractivity contribution in [2.24, 2.45) is 0 Å². The minimum atomic E-state index is -3.52. The minimum absolute atomic E-state index is 0.0772. The Kier molecular flexibility index (Phi) is 6.89. The highest BCUT2D eigenvalue weighted by Crippen LogP contribution is 2.34. The molecule has 2 aliphatic rings. The summed E-state index contributed by atoms with van der Waals surface area (Å²) in [4.78, 5) is 14.2. The minimum Gasteiger partial charge on any atom is -0.486 e. The van der Waals surface area contributed by atoms with Gasteiger partial charge in [-0.25, -0.2) is 8.42 Å². The van der Waals surface area contributed by atoms with Crippen LogP contribution in [0, 0.1) is 0 Å². The molecule has 0 unspecified atom stereocenters. The number of hydrogen-bond donors (Lipinski definition) is 1. The first kappa shape index (κ1) is 21.7. The Labute approximate surface area is 172 Å². The zero-order valence-corrected chi connectivity index (χ0v) is 17.9. The molecule has 0 aromatic heterocycles. The summed E-state index contributed by atoms with van der Waals surface area (Å²) in [5, 5.41) is 10.2. The Bertz CT molecular complexity index is 828. The number of hydrogen-bond acceptors (Lipinski definition) is 6. The number of aliphatic hydroxyl groups excluding tert-OH is 1. The SMILES string of the molecule is CN(C(=O)CCCN(c1ccc2c(c1)OCCO2)S(C)(=O)=O)[C@@H]1CCCC[C@H]1O. The smallest absolute Gasteiger partial charge is 0.232 e. The average Bonchev–Trinajstić information content (AvgIpc) is 2.69. The quantitative estimate of drug-likeness (QED) is 0.714. The Balaban J connectivity index is 1.62. The summed E-state index contributed by atoms with van der Waals surface area (Å²) in [6.45, 7) is 1.07. The molecule has 1 aromatic rings. The summed E-state index contributed by atoms with van der Waals surface area (Å²) in [6, 6.07) is 4.88. The van der Waals surface area contributed by atoms with Gasteiger partial charge in [-0.15, -0.1) is 0 Å². The van der Waals surface area contributed by atoms with Crippen molar-refractivity contribution in [3.8, 4) is 11.5 Å². The molecule has 1 aliphatic heterocycles. The van der Waals surface area contributed by atoms with E-state index in [0.29, 0.717) is 43.2 Å². The summed E-state index contributed by atoms with van der Waals surface area (Å²) in [5.74, 6) is 1.03. The standard InChI is InChI=1S/C20H30N2O6S/c1-21(16-6-3-4-7-17(16)23)20(24)8-5-11-22(29(2,25)26)15-9-10-18-19(14-15)28-13-12-27-18/h9-10,14,16-17,23H,3-8,11-13H2,1-2H3/t16-,17-/m1/s1. The third kappa shape index (κ3) is 5.33. The van der Waals surface area contributed by atoms with E-state index in [9.17, 15) is 18.3 Å². The highest BCUT2D eigenvalue weighted by Gasteiger charge is 2.29. The van der Waals surface area contributed by atoms with Gasteiger partial charge in [-0.05, 0) is 31.4 Å².